The number of carbonyl (C=O) groups is 1. The van der Waals surface area contributed by atoms with Crippen molar-refractivity contribution in [2.75, 3.05) is 13.1 Å². The summed E-state index contributed by atoms with van der Waals surface area (Å²) < 4.78 is 1.72. The molecule has 122 valence electrons. The molecule has 1 aliphatic rings. The predicted molar refractivity (Wildman–Crippen MR) is 89.8 cm³/mol. The molecule has 0 aliphatic carbocycles. The van der Waals surface area contributed by atoms with E-state index in [0.29, 0.717) is 5.16 Å². The highest BCUT2D eigenvalue weighted by molar-refractivity contribution is 8.00. The molecule has 23 heavy (non-hydrogen) atoms. The second-order valence-corrected chi connectivity index (χ2v) is 7.26. The normalized spacial score (nSPS) is 15.9. The number of rotatable bonds is 4. The van der Waals surface area contributed by atoms with Crippen molar-refractivity contribution in [2.45, 2.75) is 44.0 Å². The van der Waals surface area contributed by atoms with Gasteiger partial charge in [-0.25, -0.2) is 0 Å². The number of aromatic nitrogens is 4. The standard InChI is InChI=1S/C16H21N5OS/c1-11-6-7-14(12(2)10-11)21-16(17-18-19-21)23-13(3)15(22)20-8-4-5-9-20/h6-7,10,13H,4-5,8-9H2,1-3H3/t13-/m1/s1. The van der Waals surface area contributed by atoms with Gasteiger partial charge in [0.05, 0.1) is 10.9 Å². The molecule has 2 heterocycles. The number of amides is 1. The van der Waals surface area contributed by atoms with E-state index in [1.54, 1.807) is 4.68 Å². The molecule has 0 N–H and O–H groups in total. The molecular weight excluding hydrogens is 310 g/mol. The largest absolute Gasteiger partial charge is 0.342 e. The summed E-state index contributed by atoms with van der Waals surface area (Å²) in [5.74, 6) is 0.169. The van der Waals surface area contributed by atoms with Gasteiger partial charge >= 0.3 is 0 Å². The maximum atomic E-state index is 12.5. The number of tetrazole rings is 1. The van der Waals surface area contributed by atoms with E-state index in [4.69, 9.17) is 0 Å². The summed E-state index contributed by atoms with van der Waals surface area (Å²) in [6.07, 6.45) is 2.20. The van der Waals surface area contributed by atoms with Gasteiger partial charge in [-0.05, 0) is 55.7 Å². The Hall–Kier alpha value is -1.89. The zero-order valence-electron chi connectivity index (χ0n) is 13.7. The lowest BCUT2D eigenvalue weighted by molar-refractivity contribution is -0.129. The van der Waals surface area contributed by atoms with Crippen LogP contribution in [0.3, 0.4) is 0 Å². The van der Waals surface area contributed by atoms with Crippen molar-refractivity contribution < 1.29 is 4.79 Å². The van der Waals surface area contributed by atoms with Crippen molar-refractivity contribution >= 4 is 17.7 Å². The Labute approximate surface area is 140 Å². The van der Waals surface area contributed by atoms with E-state index < -0.39 is 0 Å². The van der Waals surface area contributed by atoms with Gasteiger partial charge in [-0.2, -0.15) is 4.68 Å². The molecule has 1 atom stereocenters. The zero-order chi connectivity index (χ0) is 16.4. The van der Waals surface area contributed by atoms with E-state index in [-0.39, 0.29) is 11.2 Å². The first-order valence-electron chi connectivity index (χ1n) is 7.87. The average Bonchev–Trinajstić information content (AvgIpc) is 3.18. The minimum absolute atomic E-state index is 0.169. The molecule has 0 saturated carbocycles. The molecule has 1 fully saturated rings. The lowest BCUT2D eigenvalue weighted by Gasteiger charge is -2.19. The molecular formula is C16H21N5OS. The van der Waals surface area contributed by atoms with Crippen LogP contribution in [0.4, 0.5) is 0 Å². The van der Waals surface area contributed by atoms with Crippen LogP contribution in [0.5, 0.6) is 0 Å². The quantitative estimate of drug-likeness (QED) is 0.805. The third-order valence-corrected chi connectivity index (χ3v) is 5.09. The summed E-state index contributed by atoms with van der Waals surface area (Å²) in [6, 6.07) is 6.15. The number of likely N-dealkylation sites (tertiary alicyclic amines) is 1. The van der Waals surface area contributed by atoms with Crippen LogP contribution in [-0.2, 0) is 4.79 Å². The first-order chi connectivity index (χ1) is 11.1. The number of nitrogens with zero attached hydrogens (tertiary/aromatic N) is 5. The number of aryl methyl sites for hydroxylation is 2. The van der Waals surface area contributed by atoms with Gasteiger partial charge in [-0.15, -0.1) is 5.10 Å². The summed E-state index contributed by atoms with van der Waals surface area (Å²) in [5.41, 5.74) is 3.26. The van der Waals surface area contributed by atoms with Crippen molar-refractivity contribution in [1.29, 1.82) is 0 Å². The summed E-state index contributed by atoms with van der Waals surface area (Å²) in [7, 11) is 0. The third-order valence-electron chi connectivity index (χ3n) is 4.07. The zero-order valence-corrected chi connectivity index (χ0v) is 14.5. The molecule has 0 spiro atoms. The summed E-state index contributed by atoms with van der Waals surface area (Å²) >= 11 is 1.42. The van der Waals surface area contributed by atoms with Gasteiger partial charge in [0.1, 0.15) is 0 Å². The minimum Gasteiger partial charge on any atom is -0.342 e. The van der Waals surface area contributed by atoms with Gasteiger partial charge < -0.3 is 4.90 Å². The Morgan fingerprint density at radius 1 is 1.26 bits per heavy atom. The van der Waals surface area contributed by atoms with E-state index in [1.165, 1.54) is 17.3 Å². The highest BCUT2D eigenvalue weighted by Crippen LogP contribution is 2.26. The molecule has 3 rings (SSSR count). The number of benzene rings is 1. The Kier molecular flexibility index (Phi) is 4.66. The highest BCUT2D eigenvalue weighted by atomic mass is 32.2. The molecule has 1 aromatic heterocycles. The minimum atomic E-state index is -0.191. The van der Waals surface area contributed by atoms with E-state index in [9.17, 15) is 4.79 Å². The number of hydrogen-bond acceptors (Lipinski definition) is 5. The monoisotopic (exact) mass is 331 g/mol. The SMILES string of the molecule is Cc1ccc(-n2nnnc2S[C@H](C)C(=O)N2CCCC2)c(C)c1. The molecule has 0 bridgehead atoms. The topological polar surface area (TPSA) is 63.9 Å². The van der Waals surface area contributed by atoms with Crippen molar-refractivity contribution in [2.24, 2.45) is 0 Å². The molecule has 0 unspecified atom stereocenters. The van der Waals surface area contributed by atoms with Gasteiger partial charge in [-0.3, -0.25) is 4.79 Å². The van der Waals surface area contributed by atoms with Crippen LogP contribution < -0.4 is 0 Å². The summed E-state index contributed by atoms with van der Waals surface area (Å²) in [4.78, 5) is 14.4. The Bertz CT molecular complexity index is 708. The first kappa shape index (κ1) is 16.0. The van der Waals surface area contributed by atoms with Crippen molar-refractivity contribution in [1.82, 2.24) is 25.1 Å². The number of carbonyl (C=O) groups excluding carboxylic acids is 1. The molecule has 2 aromatic rings. The maximum Gasteiger partial charge on any atom is 0.235 e. The lowest BCUT2D eigenvalue weighted by Crippen LogP contribution is -2.34. The molecule has 6 nitrogen and oxygen atoms in total. The smallest absolute Gasteiger partial charge is 0.235 e. The molecule has 1 aromatic carbocycles. The fourth-order valence-corrected chi connectivity index (χ4v) is 3.73. The second kappa shape index (κ2) is 6.70. The van der Waals surface area contributed by atoms with Gasteiger partial charge in [0.15, 0.2) is 0 Å². The van der Waals surface area contributed by atoms with Crippen LogP contribution >= 0.6 is 11.8 Å². The fourth-order valence-electron chi connectivity index (χ4n) is 2.85. The summed E-state index contributed by atoms with van der Waals surface area (Å²) in [5, 5.41) is 12.4. The molecule has 0 radical (unpaired) electrons. The number of hydrogen-bond donors (Lipinski definition) is 0. The third kappa shape index (κ3) is 3.39. The Morgan fingerprint density at radius 3 is 2.70 bits per heavy atom. The Morgan fingerprint density at radius 2 is 2.00 bits per heavy atom. The van der Waals surface area contributed by atoms with Crippen LogP contribution in [0, 0.1) is 13.8 Å². The van der Waals surface area contributed by atoms with Crippen LogP contribution in [0.2, 0.25) is 0 Å². The van der Waals surface area contributed by atoms with Crippen molar-refractivity contribution in [3.05, 3.63) is 29.3 Å². The van der Waals surface area contributed by atoms with Crippen LogP contribution in [-0.4, -0.2) is 49.4 Å². The van der Waals surface area contributed by atoms with Crippen LogP contribution in [0.15, 0.2) is 23.4 Å². The second-order valence-electron chi connectivity index (χ2n) is 5.96. The van der Waals surface area contributed by atoms with E-state index >= 15 is 0 Å². The maximum absolute atomic E-state index is 12.5. The van der Waals surface area contributed by atoms with Gasteiger partial charge in [-0.1, -0.05) is 29.5 Å². The van der Waals surface area contributed by atoms with Crippen LogP contribution in [0.1, 0.15) is 30.9 Å². The van der Waals surface area contributed by atoms with Crippen molar-refractivity contribution in [3.63, 3.8) is 0 Å². The van der Waals surface area contributed by atoms with Crippen LogP contribution in [0.25, 0.3) is 5.69 Å². The predicted octanol–water partition coefficient (Wildman–Crippen LogP) is 2.38. The summed E-state index contributed by atoms with van der Waals surface area (Å²) in [6.45, 7) is 7.75. The van der Waals surface area contributed by atoms with Crippen molar-refractivity contribution in [3.8, 4) is 5.69 Å². The van der Waals surface area contributed by atoms with Gasteiger partial charge in [0.25, 0.3) is 0 Å². The Balaban J connectivity index is 1.79. The van der Waals surface area contributed by atoms with E-state index in [2.05, 4.69) is 28.5 Å². The van der Waals surface area contributed by atoms with Gasteiger partial charge in [0.2, 0.25) is 11.1 Å². The van der Waals surface area contributed by atoms with E-state index in [0.717, 1.165) is 37.2 Å². The van der Waals surface area contributed by atoms with E-state index in [1.807, 2.05) is 30.9 Å². The number of thioether (sulfide) groups is 1. The first-order valence-corrected chi connectivity index (χ1v) is 8.75. The highest BCUT2D eigenvalue weighted by Gasteiger charge is 2.26. The fraction of sp³-hybridized carbons (Fsp3) is 0.500. The molecule has 1 saturated heterocycles. The average molecular weight is 331 g/mol. The van der Waals surface area contributed by atoms with Gasteiger partial charge in [0, 0.05) is 13.1 Å². The molecule has 7 heteroatoms. The molecule has 1 aliphatic heterocycles. The lowest BCUT2D eigenvalue weighted by atomic mass is 10.1. The molecule has 1 amide bonds.